The van der Waals surface area contributed by atoms with Crippen LogP contribution >= 0.6 is 0 Å². The van der Waals surface area contributed by atoms with Crippen LogP contribution in [0.5, 0.6) is 0 Å². The largest absolute Gasteiger partial charge is 0.466 e. The molecule has 1 fully saturated rings. The van der Waals surface area contributed by atoms with Crippen molar-refractivity contribution in [3.63, 3.8) is 0 Å². The van der Waals surface area contributed by atoms with E-state index in [1.807, 2.05) is 6.08 Å². The summed E-state index contributed by atoms with van der Waals surface area (Å²) in [4.78, 5) is 25.0. The first-order valence-electron chi connectivity index (χ1n) is 27.8. The molecule has 6 N–H and O–H groups in total. The van der Waals surface area contributed by atoms with Crippen molar-refractivity contribution in [3.05, 3.63) is 36.5 Å². The molecular formula is C56H103NO10. The zero-order chi connectivity index (χ0) is 48.8. The van der Waals surface area contributed by atoms with Crippen LogP contribution in [0.15, 0.2) is 36.5 Å². The molecule has 0 radical (unpaired) electrons. The van der Waals surface area contributed by atoms with Crippen molar-refractivity contribution in [1.82, 2.24) is 5.32 Å². The standard InChI is InChI=1S/C56H103NO10/c1-3-5-7-9-11-13-14-24-28-32-36-40-44-52(61)65-45-41-37-33-29-25-22-20-18-16-15-17-19-21-23-27-31-35-39-43-51(60)57-48(49(59)42-38-34-30-26-12-10-8-6-4-2)47-66-56-55(64)54(63)53(62)50(46-58)67-56/h12,17,19,26,38,42,48-50,53-56,58-59,62-64H,3-11,13-16,18,20-25,27-37,39-41,43-47H2,1-2H3,(H,57,60)/b19-17-,26-12+,42-38+. The van der Waals surface area contributed by atoms with Crippen LogP contribution in [0.2, 0.25) is 0 Å². The molecule has 1 aliphatic heterocycles. The number of esters is 1. The number of hydrogen-bond donors (Lipinski definition) is 6. The number of amides is 1. The molecule has 1 rings (SSSR count). The highest BCUT2D eigenvalue weighted by atomic mass is 16.7. The number of aliphatic hydroxyl groups excluding tert-OH is 5. The van der Waals surface area contributed by atoms with Crippen molar-refractivity contribution >= 4 is 11.9 Å². The van der Waals surface area contributed by atoms with Gasteiger partial charge in [0.05, 0.1) is 32.0 Å². The van der Waals surface area contributed by atoms with Crippen LogP contribution in [0.1, 0.15) is 245 Å². The van der Waals surface area contributed by atoms with Gasteiger partial charge in [-0.15, -0.1) is 0 Å². The van der Waals surface area contributed by atoms with E-state index in [0.717, 1.165) is 89.9 Å². The van der Waals surface area contributed by atoms with Gasteiger partial charge in [-0.05, 0) is 70.6 Å². The molecule has 7 unspecified atom stereocenters. The van der Waals surface area contributed by atoms with E-state index in [9.17, 15) is 35.1 Å². The van der Waals surface area contributed by atoms with Gasteiger partial charge in [0.25, 0.3) is 0 Å². The summed E-state index contributed by atoms with van der Waals surface area (Å²) in [7, 11) is 0. The third kappa shape index (κ3) is 36.5. The van der Waals surface area contributed by atoms with E-state index < -0.39 is 49.5 Å². The van der Waals surface area contributed by atoms with E-state index >= 15 is 0 Å². The Bertz CT molecular complexity index is 1210. The topological polar surface area (TPSA) is 175 Å². The second kappa shape index (κ2) is 46.3. The smallest absolute Gasteiger partial charge is 0.305 e. The molecule has 67 heavy (non-hydrogen) atoms. The van der Waals surface area contributed by atoms with Gasteiger partial charge in [-0.2, -0.15) is 0 Å². The average molecular weight is 950 g/mol. The minimum atomic E-state index is -1.58. The third-order valence-corrected chi connectivity index (χ3v) is 13.0. The number of hydrogen-bond acceptors (Lipinski definition) is 10. The van der Waals surface area contributed by atoms with Crippen LogP contribution in [-0.4, -0.2) is 100 Å². The molecule has 0 saturated carbocycles. The molecule has 1 heterocycles. The summed E-state index contributed by atoms with van der Waals surface area (Å²) in [5, 5.41) is 54.1. The number of unbranched alkanes of at least 4 members (excludes halogenated alkanes) is 29. The predicted molar refractivity (Wildman–Crippen MR) is 274 cm³/mol. The fourth-order valence-corrected chi connectivity index (χ4v) is 8.50. The molecule has 0 aromatic heterocycles. The second-order valence-electron chi connectivity index (χ2n) is 19.3. The fraction of sp³-hybridized carbons (Fsp3) is 0.857. The van der Waals surface area contributed by atoms with Crippen LogP contribution in [0.25, 0.3) is 0 Å². The van der Waals surface area contributed by atoms with Gasteiger partial charge in [0.15, 0.2) is 6.29 Å². The Hall–Kier alpha value is -2.12. The molecule has 0 spiro atoms. The maximum absolute atomic E-state index is 13.0. The van der Waals surface area contributed by atoms with Gasteiger partial charge >= 0.3 is 5.97 Å². The molecule has 0 aromatic carbocycles. The number of nitrogens with one attached hydrogen (secondary N) is 1. The zero-order valence-electron chi connectivity index (χ0n) is 42.9. The van der Waals surface area contributed by atoms with Crippen molar-refractivity contribution in [2.45, 2.75) is 288 Å². The normalized spacial score (nSPS) is 19.8. The Kier molecular flexibility index (Phi) is 43.4. The molecule has 0 aliphatic carbocycles. The molecule has 1 saturated heterocycles. The van der Waals surface area contributed by atoms with Crippen LogP contribution in [0, 0.1) is 0 Å². The lowest BCUT2D eigenvalue weighted by molar-refractivity contribution is -0.302. The van der Waals surface area contributed by atoms with Crippen LogP contribution in [0.3, 0.4) is 0 Å². The minimum absolute atomic E-state index is 0.0135. The molecular weight excluding hydrogens is 847 g/mol. The van der Waals surface area contributed by atoms with E-state index in [-0.39, 0.29) is 18.5 Å². The average Bonchev–Trinajstić information content (AvgIpc) is 3.32. The number of ether oxygens (including phenoxy) is 3. The van der Waals surface area contributed by atoms with Crippen molar-refractivity contribution in [2.24, 2.45) is 0 Å². The number of allylic oxidation sites excluding steroid dienone is 5. The van der Waals surface area contributed by atoms with E-state index in [2.05, 4.69) is 43.5 Å². The number of rotatable bonds is 47. The fourth-order valence-electron chi connectivity index (χ4n) is 8.50. The number of carbonyl (C=O) groups is 2. The first-order valence-corrected chi connectivity index (χ1v) is 27.8. The summed E-state index contributed by atoms with van der Waals surface area (Å²) in [6.45, 7) is 4.24. The van der Waals surface area contributed by atoms with Gasteiger partial charge in [-0.3, -0.25) is 9.59 Å². The lowest BCUT2D eigenvalue weighted by atomic mass is 9.99. The van der Waals surface area contributed by atoms with Crippen LogP contribution in [-0.2, 0) is 23.8 Å². The van der Waals surface area contributed by atoms with E-state index in [1.165, 1.54) is 128 Å². The highest BCUT2D eigenvalue weighted by molar-refractivity contribution is 5.76. The van der Waals surface area contributed by atoms with Gasteiger partial charge in [0.2, 0.25) is 5.91 Å². The molecule has 7 atom stereocenters. The Morgan fingerprint density at radius 2 is 0.970 bits per heavy atom. The minimum Gasteiger partial charge on any atom is -0.466 e. The summed E-state index contributed by atoms with van der Waals surface area (Å²) >= 11 is 0. The summed E-state index contributed by atoms with van der Waals surface area (Å²) in [6.07, 6.45) is 45.3. The first-order chi connectivity index (χ1) is 32.7. The van der Waals surface area contributed by atoms with E-state index in [1.54, 1.807) is 6.08 Å². The van der Waals surface area contributed by atoms with Gasteiger partial charge in [0, 0.05) is 12.8 Å². The number of aliphatic hydroxyl groups is 5. The molecule has 0 aromatic rings. The third-order valence-electron chi connectivity index (χ3n) is 13.0. The lowest BCUT2D eigenvalue weighted by Crippen LogP contribution is -2.60. The van der Waals surface area contributed by atoms with Crippen LogP contribution in [0.4, 0.5) is 0 Å². The molecule has 11 nitrogen and oxygen atoms in total. The molecule has 392 valence electrons. The van der Waals surface area contributed by atoms with Crippen molar-refractivity contribution in [3.8, 4) is 0 Å². The van der Waals surface area contributed by atoms with Crippen LogP contribution < -0.4 is 5.32 Å². The lowest BCUT2D eigenvalue weighted by Gasteiger charge is -2.40. The Morgan fingerprint density at radius 1 is 0.537 bits per heavy atom. The van der Waals surface area contributed by atoms with Crippen molar-refractivity contribution < 1.29 is 49.3 Å². The summed E-state index contributed by atoms with van der Waals surface area (Å²) < 4.78 is 16.6. The first kappa shape index (κ1) is 62.9. The Morgan fingerprint density at radius 3 is 1.51 bits per heavy atom. The highest BCUT2D eigenvalue weighted by Gasteiger charge is 2.44. The summed E-state index contributed by atoms with van der Waals surface area (Å²) in [5.41, 5.74) is 0. The Balaban J connectivity index is 2.08. The van der Waals surface area contributed by atoms with E-state index in [0.29, 0.717) is 19.4 Å². The molecule has 0 bridgehead atoms. The monoisotopic (exact) mass is 950 g/mol. The molecule has 1 amide bonds. The maximum Gasteiger partial charge on any atom is 0.305 e. The van der Waals surface area contributed by atoms with Gasteiger partial charge in [-0.1, -0.05) is 198 Å². The van der Waals surface area contributed by atoms with Gasteiger partial charge in [-0.25, -0.2) is 0 Å². The predicted octanol–water partition coefficient (Wildman–Crippen LogP) is 11.9. The quantitative estimate of drug-likeness (QED) is 0.0196. The SMILES string of the molecule is CCCCC/C=C/CC/C=C/C(O)C(COC1OC(CO)C(O)C(O)C1O)NC(=O)CCCCCCC/C=C\CCCCCCCCCCCOC(=O)CCCCCCCCCCCCCC. The van der Waals surface area contributed by atoms with Crippen molar-refractivity contribution in [2.75, 3.05) is 19.8 Å². The van der Waals surface area contributed by atoms with Gasteiger partial charge in [0.1, 0.15) is 24.4 Å². The highest BCUT2D eigenvalue weighted by Crippen LogP contribution is 2.23. The summed E-state index contributed by atoms with van der Waals surface area (Å²) in [6, 6.07) is -0.836. The zero-order valence-corrected chi connectivity index (χ0v) is 42.9. The second-order valence-corrected chi connectivity index (χ2v) is 19.3. The summed E-state index contributed by atoms with van der Waals surface area (Å²) in [5.74, 6) is -0.223. The number of carbonyl (C=O) groups excluding carboxylic acids is 2. The molecule has 1 aliphatic rings. The van der Waals surface area contributed by atoms with Gasteiger partial charge < -0.3 is 45.1 Å². The maximum atomic E-state index is 13.0. The van der Waals surface area contributed by atoms with Crippen molar-refractivity contribution in [1.29, 1.82) is 0 Å². The van der Waals surface area contributed by atoms with E-state index in [4.69, 9.17) is 14.2 Å². The Labute approximate surface area is 409 Å². The molecule has 11 heteroatoms.